The Hall–Kier alpha value is -2.99. The third kappa shape index (κ3) is 5.82. The van der Waals surface area contributed by atoms with Crippen molar-refractivity contribution < 1.29 is 14.3 Å². The zero-order chi connectivity index (χ0) is 22.8. The third-order valence-corrected chi connectivity index (χ3v) is 5.64. The van der Waals surface area contributed by atoms with Crippen LogP contribution in [0.25, 0.3) is 5.57 Å². The number of hydrogen-bond donors (Lipinski definition) is 0. The number of likely N-dealkylation sites (N-methyl/N-ethyl adjacent to an activating group) is 1. The number of benzene rings is 1. The number of aromatic nitrogens is 1. The summed E-state index contributed by atoms with van der Waals surface area (Å²) in [6.45, 7) is 7.07. The van der Waals surface area contributed by atoms with Gasteiger partial charge in [0.1, 0.15) is 5.70 Å². The largest absolute Gasteiger partial charge is 0.381 e. The molecule has 3 rings (SSSR count). The fourth-order valence-corrected chi connectivity index (χ4v) is 3.84. The van der Waals surface area contributed by atoms with E-state index in [1.165, 1.54) is 4.90 Å². The molecule has 0 N–H and O–H groups in total. The Morgan fingerprint density at radius 3 is 2.34 bits per heavy atom. The average Bonchev–Trinajstić information content (AvgIpc) is 3.07. The highest BCUT2D eigenvalue weighted by atomic mass is 16.5. The van der Waals surface area contributed by atoms with E-state index >= 15 is 0 Å². The van der Waals surface area contributed by atoms with Crippen LogP contribution in [0, 0.1) is 0 Å². The summed E-state index contributed by atoms with van der Waals surface area (Å²) >= 11 is 0. The average molecular weight is 436 g/mol. The molecule has 2 heterocycles. The van der Waals surface area contributed by atoms with Gasteiger partial charge in [0.25, 0.3) is 11.8 Å². The second kappa shape index (κ2) is 12.2. The zero-order valence-corrected chi connectivity index (χ0v) is 19.1. The molecule has 1 aromatic heterocycles. The van der Waals surface area contributed by atoms with Crippen LogP contribution < -0.4 is 0 Å². The first-order valence-electron chi connectivity index (χ1n) is 11.5. The predicted molar refractivity (Wildman–Crippen MR) is 126 cm³/mol. The van der Waals surface area contributed by atoms with Crippen molar-refractivity contribution in [1.82, 2.24) is 14.8 Å². The maximum absolute atomic E-state index is 13.4. The molecule has 2 aromatic rings. The van der Waals surface area contributed by atoms with Gasteiger partial charge in [-0.25, -0.2) is 0 Å². The van der Waals surface area contributed by atoms with Crippen LogP contribution in [0.15, 0.2) is 60.6 Å². The topological polar surface area (TPSA) is 62.7 Å². The van der Waals surface area contributed by atoms with Crippen LogP contribution in [-0.4, -0.2) is 59.4 Å². The van der Waals surface area contributed by atoms with Crippen molar-refractivity contribution in [2.75, 3.05) is 32.8 Å². The van der Waals surface area contributed by atoms with Gasteiger partial charge in [0, 0.05) is 45.2 Å². The summed E-state index contributed by atoms with van der Waals surface area (Å²) in [6.07, 6.45) is 7.07. The highest BCUT2D eigenvalue weighted by Crippen LogP contribution is 2.31. The number of pyridine rings is 1. The molecule has 0 spiro atoms. The van der Waals surface area contributed by atoms with Crippen molar-refractivity contribution in [3.63, 3.8) is 0 Å². The van der Waals surface area contributed by atoms with Crippen LogP contribution in [0.3, 0.4) is 0 Å². The minimum atomic E-state index is -0.216. The molecule has 1 aliphatic heterocycles. The molecule has 0 radical (unpaired) electrons. The van der Waals surface area contributed by atoms with Crippen LogP contribution in [0.2, 0.25) is 0 Å². The molecule has 1 aromatic carbocycles. The molecular weight excluding hydrogens is 402 g/mol. The second-order valence-electron chi connectivity index (χ2n) is 7.86. The number of unbranched alkanes of at least 4 members (excludes halogenated alkanes) is 1. The fraction of sp³-hybridized carbons (Fsp3) is 0.423. The van der Waals surface area contributed by atoms with Gasteiger partial charge < -0.3 is 9.64 Å². The van der Waals surface area contributed by atoms with Crippen molar-refractivity contribution in [1.29, 1.82) is 0 Å². The van der Waals surface area contributed by atoms with Crippen molar-refractivity contribution >= 4 is 17.4 Å². The van der Waals surface area contributed by atoms with Crippen LogP contribution in [-0.2, 0) is 20.7 Å². The van der Waals surface area contributed by atoms with Gasteiger partial charge in [0.15, 0.2) is 0 Å². The van der Waals surface area contributed by atoms with Gasteiger partial charge in [-0.2, -0.15) is 0 Å². The standard InChI is InChI=1S/C26H33N3O3/c1-3-5-19-32-20-9-17-29-25(30)23(22-10-7-6-8-11-22)24(26(29)31)28(4-2)18-14-21-12-15-27-16-13-21/h6-8,10-13,15-16H,3-5,9,14,17-20H2,1-2H3. The lowest BCUT2D eigenvalue weighted by Crippen LogP contribution is -2.36. The maximum atomic E-state index is 13.4. The molecule has 6 heteroatoms. The summed E-state index contributed by atoms with van der Waals surface area (Å²) in [6, 6.07) is 13.5. The van der Waals surface area contributed by atoms with Crippen LogP contribution in [0.1, 0.15) is 44.2 Å². The SMILES string of the molecule is CCCCOCCCN1C(=O)C(c2ccccc2)=C(N(CC)CCc2ccncc2)C1=O. The number of carbonyl (C=O) groups is 2. The number of imide groups is 1. The monoisotopic (exact) mass is 435 g/mol. The Balaban J connectivity index is 1.79. The molecule has 0 saturated carbocycles. The number of nitrogens with zero attached hydrogens (tertiary/aromatic N) is 3. The number of hydrogen-bond acceptors (Lipinski definition) is 5. The molecule has 2 amide bonds. The molecule has 0 unspecified atom stereocenters. The quantitative estimate of drug-likeness (QED) is 0.352. The summed E-state index contributed by atoms with van der Waals surface area (Å²) in [7, 11) is 0. The highest BCUT2D eigenvalue weighted by Gasteiger charge is 2.40. The minimum Gasteiger partial charge on any atom is -0.381 e. The molecule has 0 aliphatic carbocycles. The van der Waals surface area contributed by atoms with Crippen LogP contribution in [0.4, 0.5) is 0 Å². The molecule has 0 atom stereocenters. The number of rotatable bonds is 13. The Morgan fingerprint density at radius 2 is 1.66 bits per heavy atom. The summed E-state index contributed by atoms with van der Waals surface area (Å²) in [5, 5.41) is 0. The van der Waals surface area contributed by atoms with E-state index in [1.807, 2.05) is 54.3 Å². The van der Waals surface area contributed by atoms with Gasteiger partial charge in [-0.3, -0.25) is 19.5 Å². The van der Waals surface area contributed by atoms with Gasteiger partial charge in [-0.1, -0.05) is 43.7 Å². The van der Waals surface area contributed by atoms with E-state index < -0.39 is 0 Å². The van der Waals surface area contributed by atoms with Crippen LogP contribution in [0.5, 0.6) is 0 Å². The fourth-order valence-electron chi connectivity index (χ4n) is 3.84. The summed E-state index contributed by atoms with van der Waals surface area (Å²) in [4.78, 5) is 34.3. The Kier molecular flexibility index (Phi) is 8.99. The van der Waals surface area contributed by atoms with Crippen molar-refractivity contribution in [3.05, 3.63) is 71.7 Å². The highest BCUT2D eigenvalue weighted by molar-refractivity contribution is 6.35. The third-order valence-electron chi connectivity index (χ3n) is 5.64. The Bertz CT molecular complexity index is 912. The van der Waals surface area contributed by atoms with Crippen molar-refractivity contribution in [3.8, 4) is 0 Å². The molecule has 0 fully saturated rings. The Labute approximate surface area is 190 Å². The van der Waals surface area contributed by atoms with Crippen molar-refractivity contribution in [2.45, 2.75) is 39.5 Å². The predicted octanol–water partition coefficient (Wildman–Crippen LogP) is 3.93. The molecule has 0 saturated heterocycles. The van der Waals surface area contributed by atoms with E-state index in [0.717, 1.165) is 37.0 Å². The van der Waals surface area contributed by atoms with Gasteiger partial charge in [-0.15, -0.1) is 0 Å². The molecular formula is C26H33N3O3. The normalized spacial score (nSPS) is 13.9. The van der Waals surface area contributed by atoms with E-state index in [4.69, 9.17) is 4.74 Å². The lowest BCUT2D eigenvalue weighted by molar-refractivity contribution is -0.137. The second-order valence-corrected chi connectivity index (χ2v) is 7.86. The van der Waals surface area contributed by atoms with Gasteiger partial charge in [0.05, 0.1) is 5.57 Å². The lowest BCUT2D eigenvalue weighted by Gasteiger charge is -2.25. The lowest BCUT2D eigenvalue weighted by atomic mass is 10.0. The molecule has 0 bridgehead atoms. The summed E-state index contributed by atoms with van der Waals surface area (Å²) in [5.74, 6) is -0.425. The first-order valence-corrected chi connectivity index (χ1v) is 11.5. The van der Waals surface area contributed by atoms with Gasteiger partial charge in [0.2, 0.25) is 0 Å². The molecule has 170 valence electrons. The number of carbonyl (C=O) groups excluding carboxylic acids is 2. The zero-order valence-electron chi connectivity index (χ0n) is 19.1. The number of amides is 2. The van der Waals surface area contributed by atoms with E-state index in [1.54, 1.807) is 12.4 Å². The van der Waals surface area contributed by atoms with Gasteiger partial charge >= 0.3 is 0 Å². The molecule has 1 aliphatic rings. The van der Waals surface area contributed by atoms with E-state index in [-0.39, 0.29) is 11.8 Å². The maximum Gasteiger partial charge on any atom is 0.277 e. The molecule has 32 heavy (non-hydrogen) atoms. The summed E-state index contributed by atoms with van der Waals surface area (Å²) < 4.78 is 5.62. The Morgan fingerprint density at radius 1 is 0.938 bits per heavy atom. The first kappa shape index (κ1) is 23.7. The van der Waals surface area contributed by atoms with Crippen molar-refractivity contribution in [2.24, 2.45) is 0 Å². The minimum absolute atomic E-state index is 0.209. The number of ether oxygens (including phenoxy) is 1. The summed E-state index contributed by atoms with van der Waals surface area (Å²) in [5.41, 5.74) is 2.94. The first-order chi connectivity index (χ1) is 15.7. The molecule has 6 nitrogen and oxygen atoms in total. The van der Waals surface area contributed by atoms with Crippen LogP contribution >= 0.6 is 0 Å². The smallest absolute Gasteiger partial charge is 0.277 e. The van der Waals surface area contributed by atoms with Gasteiger partial charge in [-0.05, 0) is 49.4 Å². The van der Waals surface area contributed by atoms with E-state index in [2.05, 4.69) is 11.9 Å². The van der Waals surface area contributed by atoms with E-state index in [0.29, 0.717) is 43.9 Å². The van der Waals surface area contributed by atoms with E-state index in [9.17, 15) is 9.59 Å².